The number of amides is 1. The molecule has 0 aromatic heterocycles. The Morgan fingerprint density at radius 3 is 2.39 bits per heavy atom. The lowest BCUT2D eigenvalue weighted by molar-refractivity contribution is -0.137. The molecule has 4 fully saturated rings. The van der Waals surface area contributed by atoms with Crippen molar-refractivity contribution in [1.82, 2.24) is 5.32 Å². The molecule has 4 saturated carbocycles. The van der Waals surface area contributed by atoms with Crippen molar-refractivity contribution < 1.29 is 4.79 Å². The Bertz CT molecular complexity index is 371. The van der Waals surface area contributed by atoms with E-state index < -0.39 is 0 Å². The van der Waals surface area contributed by atoms with Gasteiger partial charge >= 0.3 is 0 Å². The maximum atomic E-state index is 11.8. The van der Waals surface area contributed by atoms with Gasteiger partial charge in [-0.3, -0.25) is 4.79 Å². The minimum absolute atomic E-state index is 0.0227. The van der Waals surface area contributed by atoms with Gasteiger partial charge in [-0.1, -0.05) is 20.4 Å². The number of hydrogen-bond donors (Lipinski definition) is 1. The van der Waals surface area contributed by atoms with E-state index in [2.05, 4.69) is 25.7 Å². The molecule has 0 aromatic carbocycles. The molecule has 1 N–H and O–H groups in total. The highest BCUT2D eigenvalue weighted by atomic mass is 16.1. The molecule has 0 radical (unpaired) electrons. The molecule has 0 aromatic rings. The van der Waals surface area contributed by atoms with E-state index in [1.807, 2.05) is 0 Å². The first-order valence-electron chi connectivity index (χ1n) is 7.46. The van der Waals surface area contributed by atoms with Crippen LogP contribution in [-0.4, -0.2) is 11.4 Å². The molecule has 1 amide bonds. The minimum Gasteiger partial charge on any atom is -0.347 e. The van der Waals surface area contributed by atoms with Gasteiger partial charge in [0.25, 0.3) is 0 Å². The van der Waals surface area contributed by atoms with Crippen LogP contribution in [0.15, 0.2) is 12.7 Å². The van der Waals surface area contributed by atoms with Gasteiger partial charge in [0.05, 0.1) is 0 Å². The van der Waals surface area contributed by atoms with Gasteiger partial charge in [-0.25, -0.2) is 0 Å². The van der Waals surface area contributed by atoms with Gasteiger partial charge in [-0.2, -0.15) is 0 Å². The Morgan fingerprint density at radius 1 is 1.33 bits per heavy atom. The third-order valence-electron chi connectivity index (χ3n) is 6.08. The average Bonchev–Trinajstić information content (AvgIpc) is 2.31. The Hall–Kier alpha value is -0.790. The molecule has 100 valence electrons. The normalized spacial score (nSPS) is 49.1. The quantitative estimate of drug-likeness (QED) is 0.762. The molecule has 0 saturated heterocycles. The fourth-order valence-electron chi connectivity index (χ4n) is 5.64. The third-order valence-corrected chi connectivity index (χ3v) is 6.08. The molecule has 0 heterocycles. The second-order valence-electron chi connectivity index (χ2n) is 7.24. The summed E-state index contributed by atoms with van der Waals surface area (Å²) in [6.45, 7) is 8.32. The summed E-state index contributed by atoms with van der Waals surface area (Å²) in [5, 5.41) is 3.34. The largest absolute Gasteiger partial charge is 0.347 e. The zero-order chi connectivity index (χ0) is 13.0. The molecule has 18 heavy (non-hydrogen) atoms. The smallest absolute Gasteiger partial charge is 0.243 e. The van der Waals surface area contributed by atoms with Crippen LogP contribution < -0.4 is 5.32 Å². The molecule has 2 atom stereocenters. The molecule has 2 heteroatoms. The van der Waals surface area contributed by atoms with Gasteiger partial charge in [0.1, 0.15) is 0 Å². The molecule has 0 aliphatic heterocycles. The van der Waals surface area contributed by atoms with Crippen molar-refractivity contribution in [3.05, 3.63) is 12.7 Å². The summed E-state index contributed by atoms with van der Waals surface area (Å²) in [6.07, 6.45) is 9.22. The van der Waals surface area contributed by atoms with E-state index in [4.69, 9.17) is 0 Å². The van der Waals surface area contributed by atoms with Crippen molar-refractivity contribution in [3.63, 3.8) is 0 Å². The minimum atomic E-state index is 0.0227. The number of nitrogens with one attached hydrogen (secondary N) is 1. The molecular weight excluding hydrogens is 222 g/mol. The first kappa shape index (κ1) is 12.3. The van der Waals surface area contributed by atoms with Crippen LogP contribution in [0.4, 0.5) is 0 Å². The summed E-state index contributed by atoms with van der Waals surface area (Å²) >= 11 is 0. The summed E-state index contributed by atoms with van der Waals surface area (Å²) in [6, 6.07) is 0. The maximum absolute atomic E-state index is 11.8. The molecule has 0 spiro atoms. The van der Waals surface area contributed by atoms with Gasteiger partial charge < -0.3 is 5.32 Å². The van der Waals surface area contributed by atoms with E-state index in [-0.39, 0.29) is 11.4 Å². The molecular formula is C16H25NO. The second kappa shape index (κ2) is 3.85. The predicted octanol–water partition coefficient (Wildman–Crippen LogP) is 3.28. The van der Waals surface area contributed by atoms with E-state index in [0.717, 1.165) is 12.3 Å². The Kier molecular flexibility index (Phi) is 2.62. The molecule has 4 bridgehead atoms. The summed E-state index contributed by atoms with van der Waals surface area (Å²) in [5.74, 6) is 2.34. The Labute approximate surface area is 110 Å². The first-order chi connectivity index (χ1) is 8.51. The van der Waals surface area contributed by atoms with Crippen molar-refractivity contribution >= 4 is 5.91 Å². The standard InChI is InChI=1S/C16H25NO/c1-4-14(18)17-16(5-2)12-6-11-7-13(16)10-15(3,8-11)9-12/h4,11-13H,1,5-10H2,2-3H3,(H,17,18). The Morgan fingerprint density at radius 2 is 1.94 bits per heavy atom. The van der Waals surface area contributed by atoms with Crippen molar-refractivity contribution in [3.8, 4) is 0 Å². The summed E-state index contributed by atoms with van der Waals surface area (Å²) in [5.41, 5.74) is 0.635. The fraction of sp³-hybridized carbons (Fsp3) is 0.812. The van der Waals surface area contributed by atoms with Gasteiger partial charge in [0.15, 0.2) is 0 Å². The summed E-state index contributed by atoms with van der Waals surface area (Å²) in [7, 11) is 0. The van der Waals surface area contributed by atoms with Crippen molar-refractivity contribution in [2.45, 2.75) is 57.9 Å². The van der Waals surface area contributed by atoms with E-state index in [0.29, 0.717) is 17.3 Å². The molecule has 2 nitrogen and oxygen atoms in total. The van der Waals surface area contributed by atoms with Crippen LogP contribution in [0.2, 0.25) is 0 Å². The lowest BCUT2D eigenvalue weighted by atomic mass is 9.43. The van der Waals surface area contributed by atoms with Crippen LogP contribution >= 0.6 is 0 Å². The van der Waals surface area contributed by atoms with Crippen molar-refractivity contribution in [1.29, 1.82) is 0 Å². The van der Waals surface area contributed by atoms with Crippen LogP contribution in [0.5, 0.6) is 0 Å². The number of rotatable bonds is 3. The van der Waals surface area contributed by atoms with Crippen LogP contribution in [0.25, 0.3) is 0 Å². The maximum Gasteiger partial charge on any atom is 0.243 e. The average molecular weight is 247 g/mol. The lowest BCUT2D eigenvalue weighted by Gasteiger charge is -2.64. The molecule has 4 aliphatic carbocycles. The van der Waals surface area contributed by atoms with E-state index in [9.17, 15) is 4.79 Å². The van der Waals surface area contributed by atoms with E-state index >= 15 is 0 Å². The highest BCUT2D eigenvalue weighted by Gasteiger charge is 2.60. The lowest BCUT2D eigenvalue weighted by Crippen LogP contribution is -2.67. The number of carbonyl (C=O) groups is 1. The number of carbonyl (C=O) groups excluding carboxylic acids is 1. The highest BCUT2D eigenvalue weighted by molar-refractivity contribution is 5.87. The molecule has 4 rings (SSSR count). The fourth-order valence-corrected chi connectivity index (χ4v) is 5.64. The highest BCUT2D eigenvalue weighted by Crippen LogP contribution is 2.64. The zero-order valence-electron chi connectivity index (χ0n) is 11.7. The van der Waals surface area contributed by atoms with Gasteiger partial charge in [-0.05, 0) is 67.8 Å². The van der Waals surface area contributed by atoms with Gasteiger partial charge in [-0.15, -0.1) is 0 Å². The SMILES string of the molecule is C=CC(=O)NC1(CC)C2CC3CC1CC(C)(C3)C2. The zero-order valence-corrected chi connectivity index (χ0v) is 11.7. The van der Waals surface area contributed by atoms with E-state index in [1.54, 1.807) is 0 Å². The van der Waals surface area contributed by atoms with Crippen LogP contribution in [0, 0.1) is 23.2 Å². The van der Waals surface area contributed by atoms with Crippen LogP contribution in [0.3, 0.4) is 0 Å². The van der Waals surface area contributed by atoms with Crippen LogP contribution in [-0.2, 0) is 4.79 Å². The second-order valence-corrected chi connectivity index (χ2v) is 7.24. The Balaban J connectivity index is 1.92. The third kappa shape index (κ3) is 1.57. The molecule has 4 aliphatic rings. The number of hydrogen-bond acceptors (Lipinski definition) is 1. The summed E-state index contributed by atoms with van der Waals surface area (Å²) in [4.78, 5) is 11.8. The topological polar surface area (TPSA) is 29.1 Å². The summed E-state index contributed by atoms with van der Waals surface area (Å²) < 4.78 is 0. The predicted molar refractivity (Wildman–Crippen MR) is 73.0 cm³/mol. The van der Waals surface area contributed by atoms with E-state index in [1.165, 1.54) is 38.2 Å². The van der Waals surface area contributed by atoms with Crippen molar-refractivity contribution in [2.24, 2.45) is 23.2 Å². The monoisotopic (exact) mass is 247 g/mol. The van der Waals surface area contributed by atoms with Gasteiger partial charge in [0, 0.05) is 5.54 Å². The van der Waals surface area contributed by atoms with Crippen LogP contribution in [0.1, 0.15) is 52.4 Å². The van der Waals surface area contributed by atoms with Crippen molar-refractivity contribution in [2.75, 3.05) is 0 Å². The first-order valence-corrected chi connectivity index (χ1v) is 7.46. The molecule has 2 unspecified atom stereocenters. The van der Waals surface area contributed by atoms with Gasteiger partial charge in [0.2, 0.25) is 5.91 Å².